The molecule has 1 amide bonds. The zero-order valence-corrected chi connectivity index (χ0v) is 19.8. The lowest BCUT2D eigenvalue weighted by atomic mass is 10.1. The van der Waals surface area contributed by atoms with Crippen LogP contribution in [-0.2, 0) is 16.8 Å². The molecule has 8 nitrogen and oxygen atoms in total. The molecule has 3 N–H and O–H groups in total. The van der Waals surface area contributed by atoms with E-state index < -0.39 is 16.1 Å². The van der Waals surface area contributed by atoms with E-state index in [0.29, 0.717) is 24.3 Å². The summed E-state index contributed by atoms with van der Waals surface area (Å²) in [5.41, 5.74) is 3.90. The first kappa shape index (κ1) is 24.2. The molecule has 2 aromatic carbocycles. The first-order chi connectivity index (χ1) is 15.3. The van der Waals surface area contributed by atoms with E-state index in [0.717, 1.165) is 18.5 Å². The second-order valence-electron chi connectivity index (χ2n) is 8.27. The number of nitrogens with one attached hydrogen (secondary N) is 1. The van der Waals surface area contributed by atoms with Gasteiger partial charge in [-0.15, -0.1) is 0 Å². The standard InChI is InChI=1S/C23H33N5O3S/c1-4-14-27-18(2)15-26(16-19(27)3)32(30,31)28(22-8-6-5-7-9-22)17-20-10-12-21(13-11-20)23(29)25-24/h5-13,18-19H,4,14-17,24H2,1-3H3,(H,25,29). The van der Waals surface area contributed by atoms with Crippen molar-refractivity contribution in [1.82, 2.24) is 14.6 Å². The summed E-state index contributed by atoms with van der Waals surface area (Å²) in [6.07, 6.45) is 1.04. The fraction of sp³-hybridized carbons (Fsp3) is 0.435. The average molecular weight is 460 g/mol. The monoisotopic (exact) mass is 459 g/mol. The predicted molar refractivity (Wildman–Crippen MR) is 127 cm³/mol. The lowest BCUT2D eigenvalue weighted by Gasteiger charge is -2.45. The Morgan fingerprint density at radius 2 is 1.66 bits per heavy atom. The maximum Gasteiger partial charge on any atom is 0.304 e. The Hall–Kier alpha value is -2.46. The van der Waals surface area contributed by atoms with Crippen molar-refractivity contribution in [3.8, 4) is 0 Å². The van der Waals surface area contributed by atoms with E-state index in [9.17, 15) is 13.2 Å². The molecule has 1 saturated heterocycles. The number of rotatable bonds is 8. The van der Waals surface area contributed by atoms with Gasteiger partial charge >= 0.3 is 10.2 Å². The number of hydrogen-bond donors (Lipinski definition) is 2. The smallest absolute Gasteiger partial charge is 0.295 e. The van der Waals surface area contributed by atoms with Crippen LogP contribution < -0.4 is 15.6 Å². The molecule has 32 heavy (non-hydrogen) atoms. The minimum absolute atomic E-state index is 0.139. The van der Waals surface area contributed by atoms with Gasteiger partial charge in [-0.2, -0.15) is 12.7 Å². The number of anilines is 1. The lowest BCUT2D eigenvalue weighted by molar-refractivity contribution is 0.0772. The van der Waals surface area contributed by atoms with Crippen molar-refractivity contribution in [2.75, 3.05) is 23.9 Å². The summed E-state index contributed by atoms with van der Waals surface area (Å²) < 4.78 is 30.7. The quantitative estimate of drug-likeness (QED) is 0.359. The van der Waals surface area contributed by atoms with Gasteiger partial charge in [0.05, 0.1) is 12.2 Å². The van der Waals surface area contributed by atoms with E-state index in [1.165, 1.54) is 4.31 Å². The highest BCUT2D eigenvalue weighted by atomic mass is 32.2. The number of hydrazine groups is 1. The van der Waals surface area contributed by atoms with Crippen molar-refractivity contribution in [3.05, 3.63) is 65.7 Å². The summed E-state index contributed by atoms with van der Waals surface area (Å²) in [5, 5.41) is 0. The Kier molecular flexibility index (Phi) is 7.89. The van der Waals surface area contributed by atoms with Gasteiger partial charge in [0, 0.05) is 30.7 Å². The van der Waals surface area contributed by atoms with Crippen molar-refractivity contribution in [2.45, 2.75) is 45.8 Å². The lowest BCUT2D eigenvalue weighted by Crippen LogP contribution is -2.60. The number of nitrogens with two attached hydrogens (primary N) is 1. The molecular weight excluding hydrogens is 426 g/mol. The van der Waals surface area contributed by atoms with Crippen molar-refractivity contribution >= 4 is 21.8 Å². The molecule has 0 saturated carbocycles. The number of carbonyl (C=O) groups excluding carboxylic acids is 1. The molecule has 0 spiro atoms. The summed E-state index contributed by atoms with van der Waals surface area (Å²) in [6, 6.07) is 16.2. The second-order valence-corrected chi connectivity index (χ2v) is 10.1. The second kappa shape index (κ2) is 10.4. The molecule has 0 radical (unpaired) electrons. The SMILES string of the molecule is CCCN1C(C)CN(S(=O)(=O)N(Cc2ccc(C(=O)NN)cc2)c2ccccc2)CC1C. The van der Waals surface area contributed by atoms with Crippen molar-refractivity contribution in [1.29, 1.82) is 0 Å². The molecule has 9 heteroatoms. The third-order valence-corrected chi connectivity index (χ3v) is 7.72. The van der Waals surface area contributed by atoms with E-state index in [-0.39, 0.29) is 18.6 Å². The van der Waals surface area contributed by atoms with Crippen molar-refractivity contribution in [3.63, 3.8) is 0 Å². The molecule has 174 valence electrons. The van der Waals surface area contributed by atoms with Gasteiger partial charge < -0.3 is 0 Å². The van der Waals surface area contributed by atoms with Crippen LogP contribution in [0, 0.1) is 0 Å². The molecule has 1 fully saturated rings. The highest BCUT2D eigenvalue weighted by molar-refractivity contribution is 7.90. The van der Waals surface area contributed by atoms with Crippen molar-refractivity contribution in [2.24, 2.45) is 5.84 Å². The van der Waals surface area contributed by atoms with Crippen LogP contribution in [0.3, 0.4) is 0 Å². The molecule has 0 aromatic heterocycles. The molecular formula is C23H33N5O3S. The van der Waals surface area contributed by atoms with E-state index >= 15 is 0 Å². The Morgan fingerprint density at radius 3 is 2.19 bits per heavy atom. The van der Waals surface area contributed by atoms with Gasteiger partial charge in [-0.05, 0) is 56.6 Å². The van der Waals surface area contributed by atoms with Crippen LogP contribution in [0.1, 0.15) is 43.1 Å². The average Bonchev–Trinajstić information content (AvgIpc) is 2.80. The minimum Gasteiger partial charge on any atom is -0.295 e. The number of amides is 1. The summed E-state index contributed by atoms with van der Waals surface area (Å²) >= 11 is 0. The van der Waals surface area contributed by atoms with Gasteiger partial charge in [-0.3, -0.25) is 19.4 Å². The maximum absolute atomic E-state index is 13.8. The number of nitrogen functional groups attached to an aromatic ring is 1. The summed E-state index contributed by atoms with van der Waals surface area (Å²) in [4.78, 5) is 14.1. The highest BCUT2D eigenvalue weighted by Crippen LogP contribution is 2.27. The van der Waals surface area contributed by atoms with Crippen LogP contribution in [0.4, 0.5) is 5.69 Å². The van der Waals surface area contributed by atoms with Crippen LogP contribution in [0.2, 0.25) is 0 Å². The van der Waals surface area contributed by atoms with E-state index in [2.05, 4.69) is 31.1 Å². The summed E-state index contributed by atoms with van der Waals surface area (Å²) in [5.74, 6) is 4.80. The molecule has 2 aromatic rings. The van der Waals surface area contributed by atoms with Gasteiger partial charge in [-0.25, -0.2) is 5.84 Å². The number of carbonyl (C=O) groups is 1. The Labute approximate surface area is 191 Å². The molecule has 0 bridgehead atoms. The van der Waals surface area contributed by atoms with Crippen LogP contribution in [0.15, 0.2) is 54.6 Å². The Balaban J connectivity index is 1.89. The van der Waals surface area contributed by atoms with Gasteiger partial charge in [-0.1, -0.05) is 37.3 Å². The molecule has 1 heterocycles. The van der Waals surface area contributed by atoms with Gasteiger partial charge in [0.25, 0.3) is 5.91 Å². The predicted octanol–water partition coefficient (Wildman–Crippen LogP) is 2.35. The normalized spacial score (nSPS) is 20.1. The van der Waals surface area contributed by atoms with Crippen LogP contribution in [0.5, 0.6) is 0 Å². The maximum atomic E-state index is 13.8. The number of para-hydroxylation sites is 1. The van der Waals surface area contributed by atoms with Gasteiger partial charge in [0.2, 0.25) is 0 Å². The summed E-state index contributed by atoms with van der Waals surface area (Å²) in [7, 11) is -3.77. The Morgan fingerprint density at radius 1 is 1.06 bits per heavy atom. The van der Waals surface area contributed by atoms with E-state index in [4.69, 9.17) is 5.84 Å². The van der Waals surface area contributed by atoms with E-state index in [1.54, 1.807) is 40.7 Å². The van der Waals surface area contributed by atoms with Crippen LogP contribution >= 0.6 is 0 Å². The fourth-order valence-electron chi connectivity index (χ4n) is 4.25. The molecule has 1 aliphatic heterocycles. The number of nitrogens with zero attached hydrogens (tertiary/aromatic N) is 3. The molecule has 2 unspecified atom stereocenters. The largest absolute Gasteiger partial charge is 0.304 e. The van der Waals surface area contributed by atoms with Crippen LogP contribution in [0.25, 0.3) is 0 Å². The number of benzene rings is 2. The summed E-state index contributed by atoms with van der Waals surface area (Å²) in [6.45, 7) is 8.33. The zero-order valence-electron chi connectivity index (χ0n) is 18.9. The third kappa shape index (κ3) is 5.29. The van der Waals surface area contributed by atoms with E-state index in [1.807, 2.05) is 18.2 Å². The van der Waals surface area contributed by atoms with Crippen LogP contribution in [-0.4, -0.2) is 55.2 Å². The first-order valence-electron chi connectivity index (χ1n) is 11.0. The van der Waals surface area contributed by atoms with Gasteiger partial charge in [0.15, 0.2) is 0 Å². The number of piperazine rings is 1. The molecule has 1 aliphatic rings. The minimum atomic E-state index is -3.77. The molecule has 3 rings (SSSR count). The third-order valence-electron chi connectivity index (χ3n) is 5.87. The Bertz CT molecular complexity index is 986. The van der Waals surface area contributed by atoms with Crippen molar-refractivity contribution < 1.29 is 13.2 Å². The topological polar surface area (TPSA) is 99.0 Å². The fourth-order valence-corrected chi connectivity index (χ4v) is 6.03. The first-order valence-corrected chi connectivity index (χ1v) is 12.4. The molecule has 0 aliphatic carbocycles. The number of hydrogen-bond acceptors (Lipinski definition) is 5. The van der Waals surface area contributed by atoms with Gasteiger partial charge in [0.1, 0.15) is 0 Å². The highest BCUT2D eigenvalue weighted by Gasteiger charge is 2.38. The molecule has 2 atom stereocenters. The zero-order chi connectivity index (χ0) is 23.3.